The number of amides is 1. The number of carbonyl (C=O) groups excluding carboxylic acids is 1. The van der Waals surface area contributed by atoms with Gasteiger partial charge in [0.15, 0.2) is 6.54 Å². The van der Waals surface area contributed by atoms with Crippen molar-refractivity contribution < 1.29 is 22.5 Å². The molecule has 0 radical (unpaired) electrons. The third kappa shape index (κ3) is 4.92. The van der Waals surface area contributed by atoms with E-state index in [1.165, 1.54) is 27.8 Å². The van der Waals surface area contributed by atoms with E-state index >= 15 is 0 Å². The smallest absolute Gasteiger partial charge is 0.277 e. The van der Waals surface area contributed by atoms with Gasteiger partial charge in [-0.15, -0.1) is 11.3 Å². The standard InChI is InChI=1S/C18H22FN3O3S2/c1-20(13-15-4-6-16(19)7-5-15)17(23)14-21-8-10-22(11-9-21)27(24,25)18-3-2-12-26-18/h2-7,12H,8-11,13-14H2,1H3/p+1. The van der Waals surface area contributed by atoms with Crippen LogP contribution >= 0.6 is 11.3 Å². The number of halogens is 1. The van der Waals surface area contributed by atoms with E-state index in [-0.39, 0.29) is 11.7 Å². The zero-order valence-corrected chi connectivity index (χ0v) is 16.7. The molecule has 146 valence electrons. The van der Waals surface area contributed by atoms with Gasteiger partial charge < -0.3 is 9.80 Å². The summed E-state index contributed by atoms with van der Waals surface area (Å²) in [4.78, 5) is 15.1. The van der Waals surface area contributed by atoms with E-state index in [1.54, 1.807) is 41.6 Å². The average Bonchev–Trinajstić information content (AvgIpc) is 3.19. The summed E-state index contributed by atoms with van der Waals surface area (Å²) in [6.45, 7) is 2.76. The van der Waals surface area contributed by atoms with Gasteiger partial charge in [0.1, 0.15) is 10.0 Å². The predicted octanol–water partition coefficient (Wildman–Crippen LogP) is 0.435. The van der Waals surface area contributed by atoms with Gasteiger partial charge >= 0.3 is 0 Å². The normalized spacial score (nSPS) is 16.4. The summed E-state index contributed by atoms with van der Waals surface area (Å²) in [5.41, 5.74) is 0.870. The number of rotatable bonds is 6. The second-order valence-electron chi connectivity index (χ2n) is 6.64. The maximum atomic E-state index is 13.0. The Balaban J connectivity index is 1.50. The molecule has 1 fully saturated rings. The number of piperazine rings is 1. The molecule has 27 heavy (non-hydrogen) atoms. The lowest BCUT2D eigenvalue weighted by Crippen LogP contribution is -3.15. The molecule has 0 spiro atoms. The lowest BCUT2D eigenvalue weighted by atomic mass is 10.2. The van der Waals surface area contributed by atoms with Crippen LogP contribution in [0.2, 0.25) is 0 Å². The fourth-order valence-electron chi connectivity index (χ4n) is 3.06. The molecule has 0 saturated carbocycles. The number of nitrogens with zero attached hydrogens (tertiary/aromatic N) is 2. The third-order valence-electron chi connectivity index (χ3n) is 4.68. The Labute approximate surface area is 162 Å². The van der Waals surface area contributed by atoms with Gasteiger partial charge in [0.2, 0.25) is 0 Å². The first-order chi connectivity index (χ1) is 12.9. The molecule has 1 N–H and O–H groups in total. The van der Waals surface area contributed by atoms with Gasteiger partial charge in [-0.05, 0) is 29.1 Å². The minimum absolute atomic E-state index is 0.0103. The van der Waals surface area contributed by atoms with Crippen LogP contribution in [0.5, 0.6) is 0 Å². The van der Waals surface area contributed by atoms with Crippen LogP contribution in [0.25, 0.3) is 0 Å². The number of quaternary nitrogens is 1. The molecule has 2 aromatic rings. The molecular weight excluding hydrogens is 389 g/mol. The van der Waals surface area contributed by atoms with Crippen molar-refractivity contribution >= 4 is 27.3 Å². The first-order valence-electron chi connectivity index (χ1n) is 8.72. The summed E-state index contributed by atoms with van der Waals surface area (Å²) in [7, 11) is -1.69. The quantitative estimate of drug-likeness (QED) is 0.749. The lowest BCUT2D eigenvalue weighted by Gasteiger charge is -2.31. The van der Waals surface area contributed by atoms with Crippen LogP contribution in [0.1, 0.15) is 5.56 Å². The molecule has 2 heterocycles. The lowest BCUT2D eigenvalue weighted by molar-refractivity contribution is -0.896. The fourth-order valence-corrected chi connectivity index (χ4v) is 5.64. The summed E-state index contributed by atoms with van der Waals surface area (Å²) < 4.78 is 39.9. The molecule has 1 aliphatic rings. The van der Waals surface area contributed by atoms with Gasteiger partial charge in [0, 0.05) is 13.6 Å². The minimum atomic E-state index is -3.42. The van der Waals surface area contributed by atoms with Gasteiger partial charge in [-0.25, -0.2) is 12.8 Å². The van der Waals surface area contributed by atoms with Crippen LogP contribution in [0.3, 0.4) is 0 Å². The highest BCUT2D eigenvalue weighted by Crippen LogP contribution is 2.20. The Bertz CT molecular complexity index is 862. The molecule has 3 rings (SSSR count). The zero-order valence-electron chi connectivity index (χ0n) is 15.1. The number of hydrogen-bond donors (Lipinski definition) is 1. The van der Waals surface area contributed by atoms with Crippen molar-refractivity contribution in [3.63, 3.8) is 0 Å². The van der Waals surface area contributed by atoms with E-state index in [0.717, 1.165) is 10.5 Å². The Morgan fingerprint density at radius 1 is 1.22 bits per heavy atom. The van der Waals surface area contributed by atoms with Crippen molar-refractivity contribution in [1.29, 1.82) is 0 Å². The number of thiophene rings is 1. The molecule has 0 aliphatic carbocycles. The summed E-state index contributed by atoms with van der Waals surface area (Å²) in [5, 5.41) is 1.75. The maximum absolute atomic E-state index is 13.0. The minimum Gasteiger partial charge on any atom is -0.337 e. The maximum Gasteiger partial charge on any atom is 0.277 e. The second-order valence-corrected chi connectivity index (χ2v) is 9.75. The molecule has 1 saturated heterocycles. The molecule has 1 aromatic carbocycles. The van der Waals surface area contributed by atoms with Crippen molar-refractivity contribution in [1.82, 2.24) is 9.21 Å². The van der Waals surface area contributed by atoms with E-state index in [4.69, 9.17) is 0 Å². The molecule has 1 aliphatic heterocycles. The fraction of sp³-hybridized carbons (Fsp3) is 0.389. The van der Waals surface area contributed by atoms with Crippen LogP contribution < -0.4 is 4.90 Å². The van der Waals surface area contributed by atoms with E-state index in [2.05, 4.69) is 0 Å². The number of benzene rings is 1. The summed E-state index contributed by atoms with van der Waals surface area (Å²) in [6.07, 6.45) is 0. The Morgan fingerprint density at radius 2 is 1.89 bits per heavy atom. The van der Waals surface area contributed by atoms with Gasteiger partial charge in [0.25, 0.3) is 15.9 Å². The van der Waals surface area contributed by atoms with Crippen molar-refractivity contribution in [2.24, 2.45) is 0 Å². The highest BCUT2D eigenvalue weighted by molar-refractivity contribution is 7.91. The number of carbonyl (C=O) groups is 1. The van der Waals surface area contributed by atoms with Crippen molar-refractivity contribution in [2.45, 2.75) is 10.8 Å². The number of likely N-dealkylation sites (N-methyl/N-ethyl adjacent to an activating group) is 1. The highest BCUT2D eigenvalue weighted by Gasteiger charge is 2.32. The van der Waals surface area contributed by atoms with Gasteiger partial charge in [0.05, 0.1) is 26.2 Å². The summed E-state index contributed by atoms with van der Waals surface area (Å²) in [6, 6.07) is 9.44. The van der Waals surface area contributed by atoms with Crippen molar-refractivity contribution in [2.75, 3.05) is 39.8 Å². The zero-order chi connectivity index (χ0) is 19.4. The molecule has 6 nitrogen and oxygen atoms in total. The first-order valence-corrected chi connectivity index (χ1v) is 11.0. The molecule has 0 atom stereocenters. The topological polar surface area (TPSA) is 62.1 Å². The van der Waals surface area contributed by atoms with Crippen molar-refractivity contribution in [3.05, 3.63) is 53.2 Å². The number of sulfonamides is 1. The van der Waals surface area contributed by atoms with Crippen LogP contribution in [0, 0.1) is 5.82 Å². The van der Waals surface area contributed by atoms with Gasteiger partial charge in [-0.2, -0.15) is 4.31 Å². The largest absolute Gasteiger partial charge is 0.337 e. The SMILES string of the molecule is CN(Cc1ccc(F)cc1)C(=O)C[NH+]1CCN(S(=O)(=O)c2cccs2)CC1. The van der Waals surface area contributed by atoms with Crippen LogP contribution in [-0.4, -0.2) is 63.3 Å². The molecule has 1 amide bonds. The molecular formula is C18H23FN3O3S2+. The Hall–Kier alpha value is -1.81. The molecule has 9 heteroatoms. The molecule has 1 aromatic heterocycles. The Morgan fingerprint density at radius 3 is 2.48 bits per heavy atom. The van der Waals surface area contributed by atoms with Gasteiger partial charge in [-0.3, -0.25) is 4.79 Å². The van der Waals surface area contributed by atoms with E-state index in [1.807, 2.05) is 0 Å². The monoisotopic (exact) mass is 412 g/mol. The first kappa shape index (κ1) is 19.9. The van der Waals surface area contributed by atoms with Crippen molar-refractivity contribution in [3.8, 4) is 0 Å². The van der Waals surface area contributed by atoms with Gasteiger partial charge in [-0.1, -0.05) is 18.2 Å². The highest BCUT2D eigenvalue weighted by atomic mass is 32.2. The average molecular weight is 413 g/mol. The van der Waals surface area contributed by atoms with Crippen LogP contribution in [0.4, 0.5) is 4.39 Å². The van der Waals surface area contributed by atoms with E-state index in [0.29, 0.717) is 43.5 Å². The summed E-state index contributed by atoms with van der Waals surface area (Å²) in [5.74, 6) is -0.309. The number of hydrogen-bond acceptors (Lipinski definition) is 4. The van der Waals surface area contributed by atoms with Crippen LogP contribution in [-0.2, 0) is 21.4 Å². The predicted molar refractivity (Wildman–Crippen MR) is 102 cm³/mol. The van der Waals surface area contributed by atoms with Crippen LogP contribution in [0.15, 0.2) is 46.0 Å². The number of nitrogens with one attached hydrogen (secondary N) is 1. The third-order valence-corrected chi connectivity index (χ3v) is 7.95. The van der Waals surface area contributed by atoms with E-state index < -0.39 is 10.0 Å². The summed E-state index contributed by atoms with van der Waals surface area (Å²) >= 11 is 1.22. The molecule has 0 unspecified atom stereocenters. The molecule has 0 bridgehead atoms. The Kier molecular flexibility index (Phi) is 6.25. The second kappa shape index (κ2) is 8.47. The van der Waals surface area contributed by atoms with E-state index in [9.17, 15) is 17.6 Å².